The van der Waals surface area contributed by atoms with Gasteiger partial charge in [0.15, 0.2) is 0 Å². The number of hydrogen-bond donors (Lipinski definition) is 2. The molecule has 0 saturated carbocycles. The van der Waals surface area contributed by atoms with Crippen molar-refractivity contribution >= 4 is 17.5 Å². The second-order valence-electron chi connectivity index (χ2n) is 6.60. The number of benzene rings is 3. The first-order valence-corrected chi connectivity index (χ1v) is 8.93. The third-order valence-electron chi connectivity index (χ3n) is 4.38. The summed E-state index contributed by atoms with van der Waals surface area (Å²) >= 11 is 0. The summed E-state index contributed by atoms with van der Waals surface area (Å²) in [5.74, 6) is -0.326. The molecule has 0 aliphatic carbocycles. The second kappa shape index (κ2) is 8.39. The molecule has 0 fully saturated rings. The highest BCUT2D eigenvalue weighted by Crippen LogP contribution is 2.25. The van der Waals surface area contributed by atoms with Gasteiger partial charge in [0.2, 0.25) is 12.0 Å². The van der Waals surface area contributed by atoms with Crippen molar-refractivity contribution in [2.45, 2.75) is 20.0 Å². The average Bonchev–Trinajstić information content (AvgIpc) is 2.70. The van der Waals surface area contributed by atoms with Crippen molar-refractivity contribution in [2.75, 3.05) is 5.32 Å². The maximum Gasteiger partial charge on any atom is 0.270 e. The first-order valence-electron chi connectivity index (χ1n) is 8.93. The number of nitrogens with one attached hydrogen (secondary N) is 1. The molecule has 0 bridgehead atoms. The number of carbonyl (C=O) groups is 2. The molecule has 0 aliphatic rings. The zero-order chi connectivity index (χ0) is 20.1. The summed E-state index contributed by atoms with van der Waals surface area (Å²) < 4.78 is 5.98. The van der Waals surface area contributed by atoms with E-state index in [0.717, 1.165) is 22.4 Å². The Morgan fingerprint density at radius 3 is 2.25 bits per heavy atom. The maximum atomic E-state index is 13.0. The van der Waals surface area contributed by atoms with Gasteiger partial charge in [-0.1, -0.05) is 42.5 Å². The van der Waals surface area contributed by atoms with E-state index >= 15 is 0 Å². The minimum absolute atomic E-state index is 0.279. The number of nitrogens with two attached hydrogens (primary N) is 1. The Morgan fingerprint density at radius 2 is 1.61 bits per heavy atom. The summed E-state index contributed by atoms with van der Waals surface area (Å²) in [5.41, 5.74) is 9.15. The van der Waals surface area contributed by atoms with E-state index in [4.69, 9.17) is 10.5 Å². The monoisotopic (exact) mass is 374 g/mol. The molecule has 0 heterocycles. The van der Waals surface area contributed by atoms with Gasteiger partial charge in [-0.3, -0.25) is 9.59 Å². The van der Waals surface area contributed by atoms with Crippen LogP contribution < -0.4 is 15.8 Å². The summed E-state index contributed by atoms with van der Waals surface area (Å²) in [4.78, 5) is 24.3. The highest BCUT2D eigenvalue weighted by molar-refractivity contribution is 5.96. The molecule has 2 amide bonds. The lowest BCUT2D eigenvalue weighted by atomic mass is 10.1. The van der Waals surface area contributed by atoms with Crippen LogP contribution in [0.15, 0.2) is 72.8 Å². The lowest BCUT2D eigenvalue weighted by Crippen LogP contribution is -2.26. The van der Waals surface area contributed by atoms with Crippen molar-refractivity contribution in [3.05, 3.63) is 95.1 Å². The lowest BCUT2D eigenvalue weighted by molar-refractivity contribution is -0.123. The van der Waals surface area contributed by atoms with Crippen LogP contribution in [0.3, 0.4) is 0 Å². The van der Waals surface area contributed by atoms with Gasteiger partial charge in [0.1, 0.15) is 5.75 Å². The van der Waals surface area contributed by atoms with Crippen LogP contribution in [-0.2, 0) is 4.79 Å². The largest absolute Gasteiger partial charge is 0.476 e. The number of amides is 2. The first-order chi connectivity index (χ1) is 13.4. The highest BCUT2D eigenvalue weighted by Gasteiger charge is 2.23. The third-order valence-corrected chi connectivity index (χ3v) is 4.38. The molecule has 3 rings (SSSR count). The Labute approximate surface area is 164 Å². The van der Waals surface area contributed by atoms with Gasteiger partial charge in [-0.25, -0.2) is 0 Å². The molecule has 142 valence electrons. The Balaban J connectivity index is 1.87. The summed E-state index contributed by atoms with van der Waals surface area (Å²) in [6, 6.07) is 21.5. The minimum atomic E-state index is -0.847. The third kappa shape index (κ3) is 4.57. The highest BCUT2D eigenvalue weighted by atomic mass is 16.5. The minimum Gasteiger partial charge on any atom is -0.476 e. The molecule has 0 aliphatic heterocycles. The molecule has 0 saturated heterocycles. The first kappa shape index (κ1) is 19.2. The van der Waals surface area contributed by atoms with Crippen LogP contribution in [0.5, 0.6) is 5.75 Å². The number of rotatable bonds is 6. The van der Waals surface area contributed by atoms with Crippen LogP contribution in [0.2, 0.25) is 0 Å². The van der Waals surface area contributed by atoms with E-state index in [1.165, 1.54) is 0 Å². The number of carbonyl (C=O) groups excluding carboxylic acids is 2. The van der Waals surface area contributed by atoms with E-state index in [2.05, 4.69) is 5.32 Å². The van der Waals surface area contributed by atoms with Crippen LogP contribution in [0.1, 0.15) is 33.2 Å². The standard InChI is InChI=1S/C23H22N2O3/c1-15-8-9-16(2)20(14-15)25-23(27)21(17-6-4-3-5-7-17)28-19-12-10-18(11-13-19)22(24)26/h3-14,21H,1-2H3,(H2,24,26)(H,25,27)/t21-/m1/s1. The van der Waals surface area contributed by atoms with Gasteiger partial charge < -0.3 is 15.8 Å². The van der Waals surface area contributed by atoms with E-state index in [-0.39, 0.29) is 5.91 Å². The van der Waals surface area contributed by atoms with Crippen LogP contribution in [0, 0.1) is 13.8 Å². The van der Waals surface area contributed by atoms with Crippen molar-refractivity contribution in [3.8, 4) is 5.75 Å². The van der Waals surface area contributed by atoms with Gasteiger partial charge in [-0.15, -0.1) is 0 Å². The summed E-state index contributed by atoms with van der Waals surface area (Å²) in [6.45, 7) is 3.91. The molecule has 3 N–H and O–H groups in total. The molecule has 1 atom stereocenters. The van der Waals surface area contributed by atoms with Crippen LogP contribution in [0.4, 0.5) is 5.69 Å². The van der Waals surface area contributed by atoms with Crippen molar-refractivity contribution in [2.24, 2.45) is 5.73 Å². The van der Waals surface area contributed by atoms with Crippen LogP contribution in [-0.4, -0.2) is 11.8 Å². The van der Waals surface area contributed by atoms with Gasteiger partial charge >= 0.3 is 0 Å². The fraction of sp³-hybridized carbons (Fsp3) is 0.130. The summed E-state index contributed by atoms with van der Waals surface area (Å²) in [6.07, 6.45) is -0.847. The van der Waals surface area contributed by atoms with Crippen molar-refractivity contribution in [1.82, 2.24) is 0 Å². The molecule has 3 aromatic rings. The predicted molar refractivity (Wildman–Crippen MR) is 109 cm³/mol. The zero-order valence-electron chi connectivity index (χ0n) is 15.8. The Morgan fingerprint density at radius 1 is 0.929 bits per heavy atom. The van der Waals surface area contributed by atoms with E-state index in [9.17, 15) is 9.59 Å². The van der Waals surface area contributed by atoms with Crippen LogP contribution >= 0.6 is 0 Å². The molecular weight excluding hydrogens is 352 g/mol. The zero-order valence-corrected chi connectivity index (χ0v) is 15.8. The molecule has 0 spiro atoms. The smallest absolute Gasteiger partial charge is 0.270 e. The quantitative estimate of drug-likeness (QED) is 0.680. The number of hydrogen-bond acceptors (Lipinski definition) is 3. The van der Waals surface area contributed by atoms with Gasteiger partial charge in [0, 0.05) is 16.8 Å². The summed E-state index contributed by atoms with van der Waals surface area (Å²) in [5, 5.41) is 2.96. The van der Waals surface area contributed by atoms with Crippen molar-refractivity contribution < 1.29 is 14.3 Å². The van der Waals surface area contributed by atoms with Crippen molar-refractivity contribution in [3.63, 3.8) is 0 Å². The Hall–Kier alpha value is -3.60. The Kier molecular flexibility index (Phi) is 5.75. The van der Waals surface area contributed by atoms with E-state index in [1.54, 1.807) is 24.3 Å². The number of ether oxygens (including phenoxy) is 1. The van der Waals surface area contributed by atoms with Gasteiger partial charge in [0.05, 0.1) is 0 Å². The maximum absolute atomic E-state index is 13.0. The molecule has 0 unspecified atom stereocenters. The molecule has 5 nitrogen and oxygen atoms in total. The van der Waals surface area contributed by atoms with Gasteiger partial charge in [0.25, 0.3) is 5.91 Å². The number of anilines is 1. The fourth-order valence-electron chi connectivity index (χ4n) is 2.80. The number of primary amides is 1. The molecule has 3 aromatic carbocycles. The normalized spacial score (nSPS) is 11.5. The lowest BCUT2D eigenvalue weighted by Gasteiger charge is -2.20. The average molecular weight is 374 g/mol. The molecule has 0 radical (unpaired) electrons. The SMILES string of the molecule is Cc1ccc(C)c(NC(=O)[C@H](Oc2ccc(C(N)=O)cc2)c2ccccc2)c1. The van der Waals surface area contributed by atoms with Gasteiger partial charge in [-0.05, 0) is 55.3 Å². The van der Waals surface area contributed by atoms with E-state index in [1.807, 2.05) is 62.4 Å². The molecule has 28 heavy (non-hydrogen) atoms. The fourth-order valence-corrected chi connectivity index (χ4v) is 2.80. The number of aryl methyl sites for hydroxylation is 2. The van der Waals surface area contributed by atoms with Crippen molar-refractivity contribution in [1.29, 1.82) is 0 Å². The van der Waals surface area contributed by atoms with Gasteiger partial charge in [-0.2, -0.15) is 0 Å². The molecule has 5 heteroatoms. The molecule has 0 aromatic heterocycles. The van der Waals surface area contributed by atoms with E-state index in [0.29, 0.717) is 11.3 Å². The predicted octanol–water partition coefficient (Wildman–Crippen LogP) is 4.16. The Bertz CT molecular complexity index is 982. The molecular formula is C23H22N2O3. The summed E-state index contributed by atoms with van der Waals surface area (Å²) in [7, 11) is 0. The van der Waals surface area contributed by atoms with Crippen LogP contribution in [0.25, 0.3) is 0 Å². The topological polar surface area (TPSA) is 81.4 Å². The second-order valence-corrected chi connectivity index (χ2v) is 6.60. The van der Waals surface area contributed by atoms with E-state index < -0.39 is 12.0 Å².